The summed E-state index contributed by atoms with van der Waals surface area (Å²) in [5.41, 5.74) is 1.78. The summed E-state index contributed by atoms with van der Waals surface area (Å²) in [5.74, 6) is 0. The molecule has 4 rings (SSSR count). The Bertz CT molecular complexity index is 1170. The van der Waals surface area contributed by atoms with Gasteiger partial charge in [-0.25, -0.2) is 4.99 Å². The first-order chi connectivity index (χ1) is 14.7. The molecule has 0 aliphatic heterocycles. The molecule has 0 bridgehead atoms. The number of fused-ring (bicyclic) bond motifs is 1. The largest absolute Gasteiger partial charge is 0.367 e. The second-order valence-corrected chi connectivity index (χ2v) is 9.98. The van der Waals surface area contributed by atoms with Crippen molar-refractivity contribution in [3.63, 3.8) is 0 Å². The lowest BCUT2D eigenvalue weighted by molar-refractivity contribution is -0.383. The maximum Gasteiger partial charge on any atom is 0.277 e. The Morgan fingerprint density at radius 3 is 2.48 bits per heavy atom. The Kier molecular flexibility index (Phi) is 5.99. The standard InChI is InChI=1S/C24H29N3O3S/c1-16(30-24(2,3)4)22-15-31-23(26(22)17-9-5-6-10-17)25-20-13-14-21(27(28)29)19-12-8-7-11-18(19)20/h7-8,11-17H,5-6,9-10H2,1-4H3/t16-/m1/s1. The number of thiazole rings is 1. The number of rotatable bonds is 5. The summed E-state index contributed by atoms with van der Waals surface area (Å²) >= 11 is 1.61. The lowest BCUT2D eigenvalue weighted by Crippen LogP contribution is -2.26. The molecule has 1 saturated carbocycles. The number of benzene rings is 2. The Labute approximate surface area is 186 Å². The third-order valence-corrected chi connectivity index (χ3v) is 6.56. The first-order valence-electron chi connectivity index (χ1n) is 10.8. The van der Waals surface area contributed by atoms with Crippen molar-refractivity contribution < 1.29 is 9.66 Å². The van der Waals surface area contributed by atoms with E-state index in [1.807, 2.05) is 18.2 Å². The number of ether oxygens (including phenoxy) is 1. The first-order valence-corrected chi connectivity index (χ1v) is 11.7. The van der Waals surface area contributed by atoms with Crippen molar-refractivity contribution in [1.82, 2.24) is 4.57 Å². The summed E-state index contributed by atoms with van der Waals surface area (Å²) in [4.78, 5) is 17.1. The molecule has 3 aromatic rings. The van der Waals surface area contributed by atoms with Gasteiger partial charge in [0.05, 0.1) is 33.4 Å². The molecule has 6 nitrogen and oxygen atoms in total. The predicted octanol–water partition coefficient (Wildman–Crippen LogP) is 6.83. The van der Waals surface area contributed by atoms with Crippen LogP contribution in [0.2, 0.25) is 0 Å². The van der Waals surface area contributed by atoms with Gasteiger partial charge < -0.3 is 9.30 Å². The van der Waals surface area contributed by atoms with Crippen molar-refractivity contribution in [2.24, 2.45) is 4.99 Å². The quantitative estimate of drug-likeness (QED) is 0.323. The highest BCUT2D eigenvalue weighted by molar-refractivity contribution is 7.07. The second kappa shape index (κ2) is 8.55. The van der Waals surface area contributed by atoms with Crippen LogP contribution in [0, 0.1) is 10.1 Å². The number of aromatic nitrogens is 1. The van der Waals surface area contributed by atoms with Gasteiger partial charge in [0.2, 0.25) is 0 Å². The molecule has 7 heteroatoms. The molecular weight excluding hydrogens is 410 g/mol. The Balaban J connectivity index is 1.87. The van der Waals surface area contributed by atoms with Crippen LogP contribution in [0.5, 0.6) is 0 Å². The Morgan fingerprint density at radius 2 is 1.84 bits per heavy atom. The van der Waals surface area contributed by atoms with Gasteiger partial charge in [0.1, 0.15) is 0 Å². The SMILES string of the molecule is C[C@@H](OC(C)(C)C)c1csc(=Nc2ccc([N+](=O)[O-])c3ccccc23)n1C1CCCC1. The molecule has 2 aromatic carbocycles. The fourth-order valence-electron chi connectivity index (χ4n) is 4.46. The first kappa shape index (κ1) is 21.7. The van der Waals surface area contributed by atoms with Crippen molar-refractivity contribution in [2.45, 2.75) is 71.1 Å². The highest BCUT2D eigenvalue weighted by atomic mass is 32.1. The molecule has 1 heterocycles. The highest BCUT2D eigenvalue weighted by Crippen LogP contribution is 2.35. The molecule has 31 heavy (non-hydrogen) atoms. The monoisotopic (exact) mass is 439 g/mol. The molecular formula is C24H29N3O3S. The molecule has 1 fully saturated rings. The average molecular weight is 440 g/mol. The molecule has 1 aliphatic carbocycles. The van der Waals surface area contributed by atoms with E-state index in [9.17, 15) is 10.1 Å². The van der Waals surface area contributed by atoms with E-state index in [0.717, 1.165) is 34.4 Å². The Morgan fingerprint density at radius 1 is 1.16 bits per heavy atom. The zero-order valence-corrected chi connectivity index (χ0v) is 19.3. The van der Waals surface area contributed by atoms with E-state index < -0.39 is 0 Å². The number of nitro groups is 1. The molecule has 164 valence electrons. The summed E-state index contributed by atoms with van der Waals surface area (Å²) in [7, 11) is 0. The highest BCUT2D eigenvalue weighted by Gasteiger charge is 2.26. The molecule has 1 atom stereocenters. The molecule has 0 saturated heterocycles. The van der Waals surface area contributed by atoms with Crippen molar-refractivity contribution in [3.8, 4) is 0 Å². The van der Waals surface area contributed by atoms with Gasteiger partial charge in [-0.15, -0.1) is 11.3 Å². The molecule has 0 radical (unpaired) electrons. The fraction of sp³-hybridized carbons (Fsp3) is 0.458. The predicted molar refractivity (Wildman–Crippen MR) is 125 cm³/mol. The molecule has 1 aromatic heterocycles. The minimum absolute atomic E-state index is 0.0468. The topological polar surface area (TPSA) is 69.7 Å². The van der Waals surface area contributed by atoms with Crippen molar-refractivity contribution in [3.05, 3.63) is 62.4 Å². The van der Waals surface area contributed by atoms with Gasteiger partial charge in [-0.1, -0.05) is 31.0 Å². The van der Waals surface area contributed by atoms with Crippen LogP contribution in [0.15, 0.2) is 46.8 Å². The second-order valence-electron chi connectivity index (χ2n) is 9.14. The van der Waals surface area contributed by atoms with E-state index in [1.165, 1.54) is 12.8 Å². The molecule has 0 spiro atoms. The average Bonchev–Trinajstić information content (AvgIpc) is 3.36. The normalized spacial score (nSPS) is 16.8. The lowest BCUT2D eigenvalue weighted by Gasteiger charge is -2.27. The van der Waals surface area contributed by atoms with Gasteiger partial charge in [0.25, 0.3) is 5.69 Å². The van der Waals surface area contributed by atoms with Gasteiger partial charge >= 0.3 is 0 Å². The number of nitro benzene ring substituents is 1. The van der Waals surface area contributed by atoms with Gasteiger partial charge in [0, 0.05) is 22.9 Å². The minimum atomic E-state index is -0.334. The third kappa shape index (κ3) is 4.57. The smallest absolute Gasteiger partial charge is 0.277 e. The maximum absolute atomic E-state index is 11.5. The van der Waals surface area contributed by atoms with Crippen LogP contribution in [0.4, 0.5) is 11.4 Å². The van der Waals surface area contributed by atoms with E-state index in [-0.39, 0.29) is 22.3 Å². The van der Waals surface area contributed by atoms with Gasteiger partial charge in [-0.2, -0.15) is 0 Å². The third-order valence-electron chi connectivity index (χ3n) is 5.70. The molecule has 0 unspecified atom stereocenters. The van der Waals surface area contributed by atoms with E-state index in [4.69, 9.17) is 9.73 Å². The zero-order valence-electron chi connectivity index (χ0n) is 18.5. The number of hydrogen-bond donors (Lipinski definition) is 0. The van der Waals surface area contributed by atoms with Gasteiger partial charge in [-0.3, -0.25) is 10.1 Å². The molecule has 0 N–H and O–H groups in total. The van der Waals surface area contributed by atoms with Crippen LogP contribution < -0.4 is 4.80 Å². The minimum Gasteiger partial charge on any atom is -0.367 e. The van der Waals surface area contributed by atoms with E-state index in [0.29, 0.717) is 11.4 Å². The van der Waals surface area contributed by atoms with Crippen LogP contribution in [-0.2, 0) is 4.74 Å². The van der Waals surface area contributed by atoms with Crippen LogP contribution in [0.3, 0.4) is 0 Å². The van der Waals surface area contributed by atoms with Crippen LogP contribution >= 0.6 is 11.3 Å². The van der Waals surface area contributed by atoms with Crippen molar-refractivity contribution in [1.29, 1.82) is 0 Å². The Hall–Kier alpha value is -2.51. The number of hydrogen-bond acceptors (Lipinski definition) is 5. The number of nitrogens with zero attached hydrogens (tertiary/aromatic N) is 3. The van der Waals surface area contributed by atoms with E-state index in [1.54, 1.807) is 29.5 Å². The van der Waals surface area contributed by atoms with E-state index in [2.05, 4.69) is 37.6 Å². The summed E-state index contributed by atoms with van der Waals surface area (Å²) in [6, 6.07) is 11.1. The summed E-state index contributed by atoms with van der Waals surface area (Å²) in [6.07, 6.45) is 4.68. The molecule has 1 aliphatic rings. The van der Waals surface area contributed by atoms with Crippen molar-refractivity contribution in [2.75, 3.05) is 0 Å². The van der Waals surface area contributed by atoms with Crippen LogP contribution in [0.25, 0.3) is 10.8 Å². The van der Waals surface area contributed by atoms with Crippen molar-refractivity contribution >= 4 is 33.5 Å². The maximum atomic E-state index is 11.5. The molecule has 0 amide bonds. The summed E-state index contributed by atoms with van der Waals surface area (Å²) in [6.45, 7) is 8.32. The van der Waals surface area contributed by atoms with Crippen LogP contribution in [0.1, 0.15) is 71.2 Å². The summed E-state index contributed by atoms with van der Waals surface area (Å²) in [5, 5.41) is 15.0. The fourth-order valence-corrected chi connectivity index (χ4v) is 5.51. The van der Waals surface area contributed by atoms with Crippen LogP contribution in [-0.4, -0.2) is 15.1 Å². The van der Waals surface area contributed by atoms with Gasteiger partial charge in [-0.05, 0) is 52.7 Å². The van der Waals surface area contributed by atoms with E-state index >= 15 is 0 Å². The lowest BCUT2D eigenvalue weighted by atomic mass is 10.1. The zero-order chi connectivity index (χ0) is 22.2. The summed E-state index contributed by atoms with van der Waals surface area (Å²) < 4.78 is 8.62. The van der Waals surface area contributed by atoms with Gasteiger partial charge in [0.15, 0.2) is 4.80 Å². The number of non-ortho nitro benzene ring substituents is 1.